The second-order valence-electron chi connectivity index (χ2n) is 3.12. The van der Waals surface area contributed by atoms with Crippen molar-refractivity contribution in [2.75, 3.05) is 0 Å². The van der Waals surface area contributed by atoms with Gasteiger partial charge in [0.2, 0.25) is 0 Å². The number of hydrogen-bond acceptors (Lipinski definition) is 2. The van der Waals surface area contributed by atoms with E-state index in [1.807, 2.05) is 11.3 Å². The maximum Gasteiger partial charge on any atom is 0.00484 e. The molecule has 1 aromatic rings. The molecule has 0 radical (unpaired) electrons. The highest BCUT2D eigenvalue weighted by Crippen LogP contribution is 2.15. The summed E-state index contributed by atoms with van der Waals surface area (Å²) in [4.78, 5) is 1.44. The van der Waals surface area contributed by atoms with Gasteiger partial charge in [0, 0.05) is 10.9 Å². The van der Waals surface area contributed by atoms with Gasteiger partial charge in [-0.1, -0.05) is 13.0 Å². The summed E-state index contributed by atoms with van der Waals surface area (Å²) >= 11 is 1.81. The second-order valence-corrected chi connectivity index (χ2v) is 4.15. The van der Waals surface area contributed by atoms with Crippen LogP contribution in [-0.4, -0.2) is 6.04 Å². The van der Waals surface area contributed by atoms with Gasteiger partial charge in [-0.25, -0.2) is 0 Å². The van der Waals surface area contributed by atoms with Gasteiger partial charge in [-0.05, 0) is 30.7 Å². The molecule has 62 valence electrons. The maximum atomic E-state index is 5.76. The summed E-state index contributed by atoms with van der Waals surface area (Å²) in [7, 11) is 0. The van der Waals surface area contributed by atoms with Crippen LogP contribution in [0.3, 0.4) is 0 Å². The molecular weight excluding hydrogens is 154 g/mol. The van der Waals surface area contributed by atoms with Crippen LogP contribution in [0.5, 0.6) is 0 Å². The number of hydrogen-bond donors (Lipinski definition) is 1. The zero-order valence-corrected chi connectivity index (χ0v) is 7.90. The molecule has 1 nitrogen and oxygen atoms in total. The summed E-state index contributed by atoms with van der Waals surface area (Å²) in [6, 6.07) is 4.56. The zero-order chi connectivity index (χ0) is 8.27. The zero-order valence-electron chi connectivity index (χ0n) is 7.08. The lowest BCUT2D eigenvalue weighted by atomic mass is 10.00. The normalized spacial score (nSPS) is 16.3. The Bertz CT molecular complexity index is 191. The molecule has 11 heavy (non-hydrogen) atoms. The van der Waals surface area contributed by atoms with E-state index >= 15 is 0 Å². The largest absolute Gasteiger partial charge is 0.328 e. The average Bonchev–Trinajstić information content (AvgIpc) is 2.39. The van der Waals surface area contributed by atoms with Gasteiger partial charge in [0.25, 0.3) is 0 Å². The van der Waals surface area contributed by atoms with Crippen molar-refractivity contribution in [1.29, 1.82) is 0 Å². The fraction of sp³-hybridized carbons (Fsp3) is 0.556. The van der Waals surface area contributed by atoms with Gasteiger partial charge in [0.1, 0.15) is 0 Å². The Morgan fingerprint density at radius 3 is 2.73 bits per heavy atom. The van der Waals surface area contributed by atoms with Crippen LogP contribution >= 0.6 is 11.3 Å². The number of thiophene rings is 1. The highest BCUT2D eigenvalue weighted by atomic mass is 32.1. The first-order valence-electron chi connectivity index (χ1n) is 3.98. The third-order valence-corrected chi connectivity index (χ3v) is 2.90. The van der Waals surface area contributed by atoms with E-state index in [2.05, 4.69) is 31.4 Å². The number of rotatable bonds is 3. The van der Waals surface area contributed by atoms with E-state index < -0.39 is 0 Å². The van der Waals surface area contributed by atoms with Crippen LogP contribution in [0.1, 0.15) is 18.7 Å². The van der Waals surface area contributed by atoms with Crippen molar-refractivity contribution < 1.29 is 0 Å². The van der Waals surface area contributed by atoms with Gasteiger partial charge in [-0.2, -0.15) is 0 Å². The predicted molar refractivity (Wildman–Crippen MR) is 50.8 cm³/mol. The molecule has 1 heterocycles. The molecule has 0 aromatic carbocycles. The molecule has 0 spiro atoms. The fourth-order valence-electron chi connectivity index (χ4n) is 0.932. The fourth-order valence-corrected chi connectivity index (χ4v) is 1.78. The minimum absolute atomic E-state index is 0.303. The summed E-state index contributed by atoms with van der Waals surface area (Å²) in [5.74, 6) is 0.591. The standard InChI is InChI=1S/C9H15NS/c1-7(8(2)10)6-9-4-3-5-11-9/h3-5,7-8H,6,10H2,1-2H3. The van der Waals surface area contributed by atoms with Crippen LogP contribution in [0.2, 0.25) is 0 Å². The summed E-state index contributed by atoms with van der Waals surface area (Å²) in [5, 5.41) is 2.11. The molecule has 0 bridgehead atoms. The van der Waals surface area contributed by atoms with Crippen molar-refractivity contribution in [2.24, 2.45) is 11.7 Å². The van der Waals surface area contributed by atoms with Crippen LogP contribution in [0.15, 0.2) is 17.5 Å². The Morgan fingerprint density at radius 1 is 1.55 bits per heavy atom. The van der Waals surface area contributed by atoms with E-state index in [0.717, 1.165) is 6.42 Å². The van der Waals surface area contributed by atoms with E-state index in [1.54, 1.807) is 0 Å². The number of nitrogens with two attached hydrogens (primary N) is 1. The third kappa shape index (κ3) is 2.64. The van der Waals surface area contributed by atoms with Crippen LogP contribution in [0.4, 0.5) is 0 Å². The van der Waals surface area contributed by atoms with Crippen LogP contribution in [0, 0.1) is 5.92 Å². The molecule has 0 aliphatic carbocycles. The summed E-state index contributed by atoms with van der Waals surface area (Å²) in [5.41, 5.74) is 5.76. The van der Waals surface area contributed by atoms with Gasteiger partial charge in [-0.3, -0.25) is 0 Å². The SMILES string of the molecule is CC(N)C(C)Cc1cccs1. The highest BCUT2D eigenvalue weighted by molar-refractivity contribution is 7.09. The highest BCUT2D eigenvalue weighted by Gasteiger charge is 2.08. The second kappa shape index (κ2) is 3.88. The molecule has 1 aromatic heterocycles. The molecule has 0 saturated carbocycles. The van der Waals surface area contributed by atoms with Crippen molar-refractivity contribution in [3.63, 3.8) is 0 Å². The monoisotopic (exact) mass is 169 g/mol. The molecule has 1 rings (SSSR count). The first-order valence-corrected chi connectivity index (χ1v) is 4.86. The quantitative estimate of drug-likeness (QED) is 0.738. The summed E-state index contributed by atoms with van der Waals surface area (Å²) < 4.78 is 0. The van der Waals surface area contributed by atoms with Crippen LogP contribution in [-0.2, 0) is 6.42 Å². The first kappa shape index (κ1) is 8.75. The Labute approximate surface area is 72.2 Å². The molecule has 0 saturated heterocycles. The molecule has 2 atom stereocenters. The van der Waals surface area contributed by atoms with Crippen molar-refractivity contribution in [3.8, 4) is 0 Å². The first-order chi connectivity index (χ1) is 5.20. The Morgan fingerprint density at radius 2 is 2.27 bits per heavy atom. The molecule has 0 fully saturated rings. The van der Waals surface area contributed by atoms with Gasteiger partial charge < -0.3 is 5.73 Å². The van der Waals surface area contributed by atoms with E-state index in [4.69, 9.17) is 5.73 Å². The molecular formula is C9H15NS. The van der Waals surface area contributed by atoms with Gasteiger partial charge >= 0.3 is 0 Å². The van der Waals surface area contributed by atoms with E-state index in [1.165, 1.54) is 4.88 Å². The molecule has 2 N–H and O–H groups in total. The van der Waals surface area contributed by atoms with E-state index in [9.17, 15) is 0 Å². The Balaban J connectivity index is 2.43. The van der Waals surface area contributed by atoms with E-state index in [0.29, 0.717) is 12.0 Å². The minimum Gasteiger partial charge on any atom is -0.328 e. The molecule has 2 heteroatoms. The molecule has 0 aliphatic rings. The van der Waals surface area contributed by atoms with Gasteiger partial charge in [0.15, 0.2) is 0 Å². The summed E-state index contributed by atoms with van der Waals surface area (Å²) in [6.07, 6.45) is 1.12. The van der Waals surface area contributed by atoms with Crippen LogP contribution in [0.25, 0.3) is 0 Å². The Kier molecular flexibility index (Phi) is 3.09. The van der Waals surface area contributed by atoms with Gasteiger partial charge in [-0.15, -0.1) is 11.3 Å². The predicted octanol–water partition coefficient (Wildman–Crippen LogP) is 2.27. The molecule has 2 unspecified atom stereocenters. The summed E-state index contributed by atoms with van der Waals surface area (Å²) in [6.45, 7) is 4.27. The third-order valence-electron chi connectivity index (χ3n) is 2.00. The van der Waals surface area contributed by atoms with Crippen LogP contribution < -0.4 is 5.73 Å². The van der Waals surface area contributed by atoms with Crippen molar-refractivity contribution in [3.05, 3.63) is 22.4 Å². The topological polar surface area (TPSA) is 26.0 Å². The van der Waals surface area contributed by atoms with E-state index in [-0.39, 0.29) is 0 Å². The van der Waals surface area contributed by atoms with Crippen molar-refractivity contribution >= 4 is 11.3 Å². The maximum absolute atomic E-state index is 5.76. The average molecular weight is 169 g/mol. The van der Waals surface area contributed by atoms with Crippen molar-refractivity contribution in [2.45, 2.75) is 26.3 Å². The smallest absolute Gasteiger partial charge is 0.00484 e. The lowest BCUT2D eigenvalue weighted by Gasteiger charge is -2.13. The lowest BCUT2D eigenvalue weighted by Crippen LogP contribution is -2.25. The van der Waals surface area contributed by atoms with Gasteiger partial charge in [0.05, 0.1) is 0 Å². The van der Waals surface area contributed by atoms with Crippen molar-refractivity contribution in [1.82, 2.24) is 0 Å². The lowest BCUT2D eigenvalue weighted by molar-refractivity contribution is 0.485. The molecule has 0 aliphatic heterocycles. The Hall–Kier alpha value is -0.340. The molecule has 0 amide bonds. The minimum atomic E-state index is 0.303.